The molecule has 0 aliphatic carbocycles. The van der Waals surface area contributed by atoms with Gasteiger partial charge in [0.05, 0.1) is 0 Å². The molecular formula is C19H28FN3O2. The number of hydrogen-bond donors (Lipinski definition) is 2. The van der Waals surface area contributed by atoms with Crippen LogP contribution in [0, 0.1) is 11.7 Å². The molecule has 2 rings (SSSR count). The predicted molar refractivity (Wildman–Crippen MR) is 95.4 cm³/mol. The number of carbonyl (C=O) groups is 2. The van der Waals surface area contributed by atoms with E-state index in [1.165, 1.54) is 12.1 Å². The van der Waals surface area contributed by atoms with E-state index in [2.05, 4.69) is 17.6 Å². The van der Waals surface area contributed by atoms with Crippen LogP contribution in [0.1, 0.15) is 45.1 Å². The highest BCUT2D eigenvalue weighted by molar-refractivity contribution is 5.87. The molecule has 138 valence electrons. The minimum atomic E-state index is -0.494. The second kappa shape index (κ2) is 9.39. The van der Waals surface area contributed by atoms with E-state index in [4.69, 9.17) is 0 Å². The number of nitrogens with zero attached hydrogens (tertiary/aromatic N) is 1. The van der Waals surface area contributed by atoms with Crippen molar-refractivity contribution in [3.8, 4) is 0 Å². The maximum absolute atomic E-state index is 12.9. The van der Waals surface area contributed by atoms with Gasteiger partial charge < -0.3 is 15.5 Å². The highest BCUT2D eigenvalue weighted by atomic mass is 19.1. The summed E-state index contributed by atoms with van der Waals surface area (Å²) in [5.74, 6) is 0.351. The van der Waals surface area contributed by atoms with Gasteiger partial charge in [-0.25, -0.2) is 9.18 Å². The summed E-state index contributed by atoms with van der Waals surface area (Å²) in [5.41, 5.74) is 0.805. The molecular weight excluding hydrogens is 321 g/mol. The van der Waals surface area contributed by atoms with Crippen LogP contribution in [0.5, 0.6) is 0 Å². The summed E-state index contributed by atoms with van der Waals surface area (Å²) in [5, 5.41) is 5.52. The lowest BCUT2D eigenvalue weighted by Gasteiger charge is -2.33. The molecule has 1 aromatic rings. The van der Waals surface area contributed by atoms with Gasteiger partial charge in [0.2, 0.25) is 5.91 Å². The highest BCUT2D eigenvalue weighted by Gasteiger charge is 2.27. The van der Waals surface area contributed by atoms with Crippen LogP contribution in [0.3, 0.4) is 0 Å². The normalized spacial score (nSPS) is 16.4. The lowest BCUT2D eigenvalue weighted by atomic mass is 9.98. The number of urea groups is 1. The lowest BCUT2D eigenvalue weighted by Crippen LogP contribution is -2.52. The number of hydrogen-bond acceptors (Lipinski definition) is 2. The molecule has 0 aromatic heterocycles. The molecule has 1 unspecified atom stereocenters. The fourth-order valence-electron chi connectivity index (χ4n) is 2.99. The number of nitrogens with one attached hydrogen (secondary N) is 2. The second-order valence-corrected chi connectivity index (χ2v) is 6.80. The van der Waals surface area contributed by atoms with Crippen LogP contribution in [0.15, 0.2) is 24.3 Å². The van der Waals surface area contributed by atoms with Crippen LogP contribution in [-0.4, -0.2) is 36.0 Å². The van der Waals surface area contributed by atoms with E-state index in [1.807, 2.05) is 11.8 Å². The number of halogens is 1. The summed E-state index contributed by atoms with van der Waals surface area (Å²) in [6, 6.07) is 5.09. The number of amides is 3. The first-order chi connectivity index (χ1) is 12.0. The van der Waals surface area contributed by atoms with Crippen molar-refractivity contribution in [2.45, 2.75) is 52.1 Å². The summed E-state index contributed by atoms with van der Waals surface area (Å²) < 4.78 is 12.9. The average Bonchev–Trinajstić information content (AvgIpc) is 2.61. The summed E-state index contributed by atoms with van der Waals surface area (Å²) in [7, 11) is 0. The predicted octanol–water partition coefficient (Wildman–Crippen LogP) is 3.05. The van der Waals surface area contributed by atoms with Gasteiger partial charge in [0, 0.05) is 19.6 Å². The molecule has 1 aromatic carbocycles. The van der Waals surface area contributed by atoms with Crippen molar-refractivity contribution in [2.75, 3.05) is 13.1 Å². The van der Waals surface area contributed by atoms with Crippen LogP contribution in [0.2, 0.25) is 0 Å². The smallest absolute Gasteiger partial charge is 0.315 e. The molecule has 1 aliphatic rings. The fraction of sp³-hybridized carbons (Fsp3) is 0.579. The molecule has 0 spiro atoms. The molecule has 5 nitrogen and oxygen atoms in total. The zero-order chi connectivity index (χ0) is 18.2. The molecule has 0 radical (unpaired) electrons. The Morgan fingerprint density at radius 3 is 2.48 bits per heavy atom. The van der Waals surface area contributed by atoms with Gasteiger partial charge in [0.25, 0.3) is 0 Å². The maximum atomic E-state index is 12.9. The molecule has 1 fully saturated rings. The van der Waals surface area contributed by atoms with E-state index in [9.17, 15) is 14.0 Å². The van der Waals surface area contributed by atoms with Gasteiger partial charge in [-0.1, -0.05) is 32.4 Å². The van der Waals surface area contributed by atoms with Crippen molar-refractivity contribution in [3.05, 3.63) is 35.6 Å². The summed E-state index contributed by atoms with van der Waals surface area (Å²) >= 11 is 0. The second-order valence-electron chi connectivity index (χ2n) is 6.80. The van der Waals surface area contributed by atoms with Gasteiger partial charge in [-0.2, -0.15) is 0 Å². The topological polar surface area (TPSA) is 61.4 Å². The Morgan fingerprint density at radius 2 is 1.88 bits per heavy atom. The van der Waals surface area contributed by atoms with Gasteiger partial charge in [-0.15, -0.1) is 0 Å². The number of carbonyl (C=O) groups excluding carboxylic acids is 2. The zero-order valence-corrected chi connectivity index (χ0v) is 15.1. The van der Waals surface area contributed by atoms with E-state index in [1.54, 1.807) is 12.1 Å². The lowest BCUT2D eigenvalue weighted by molar-refractivity contribution is -0.134. The van der Waals surface area contributed by atoms with Crippen molar-refractivity contribution in [3.63, 3.8) is 0 Å². The zero-order valence-electron chi connectivity index (χ0n) is 15.1. The first-order valence-electron chi connectivity index (χ1n) is 9.07. The average molecular weight is 349 g/mol. The quantitative estimate of drug-likeness (QED) is 0.829. The maximum Gasteiger partial charge on any atom is 0.315 e. The minimum Gasteiger partial charge on any atom is -0.341 e. The van der Waals surface area contributed by atoms with Crippen LogP contribution in [0.25, 0.3) is 0 Å². The molecule has 1 atom stereocenters. The third kappa shape index (κ3) is 6.03. The third-order valence-electron chi connectivity index (χ3n) is 4.64. The van der Waals surface area contributed by atoms with Gasteiger partial charge in [-0.05, 0) is 42.9 Å². The molecule has 25 heavy (non-hydrogen) atoms. The number of benzene rings is 1. The Hall–Kier alpha value is -2.11. The number of likely N-dealkylation sites (tertiary alicyclic amines) is 1. The van der Waals surface area contributed by atoms with E-state index in [0.717, 1.165) is 37.9 Å². The Bertz CT molecular complexity index is 569. The van der Waals surface area contributed by atoms with E-state index in [-0.39, 0.29) is 17.8 Å². The van der Waals surface area contributed by atoms with Crippen LogP contribution in [0.4, 0.5) is 9.18 Å². The standard InChI is InChI=1S/C19H28FN3O2/c1-3-4-17(18(24)23-11-9-14(2)10-12-23)22-19(25)21-13-15-5-7-16(20)8-6-15/h5-8,14,17H,3-4,9-13H2,1-2H3,(H2,21,22,25). The molecule has 1 saturated heterocycles. The first-order valence-corrected chi connectivity index (χ1v) is 9.07. The Labute approximate surface area is 149 Å². The SMILES string of the molecule is CCCC(NC(=O)NCc1ccc(F)cc1)C(=O)N1CCC(C)CC1. The molecule has 3 amide bonds. The Kier molecular flexibility index (Phi) is 7.22. The van der Waals surface area contributed by atoms with Crippen molar-refractivity contribution >= 4 is 11.9 Å². The molecule has 1 heterocycles. The Morgan fingerprint density at radius 1 is 1.24 bits per heavy atom. The van der Waals surface area contributed by atoms with Crippen molar-refractivity contribution < 1.29 is 14.0 Å². The summed E-state index contributed by atoms with van der Waals surface area (Å²) in [6.45, 7) is 6.02. The van der Waals surface area contributed by atoms with Gasteiger partial charge in [-0.3, -0.25) is 4.79 Å². The summed E-state index contributed by atoms with van der Waals surface area (Å²) in [6.07, 6.45) is 3.47. The monoisotopic (exact) mass is 349 g/mol. The first kappa shape index (κ1) is 19.2. The molecule has 2 N–H and O–H groups in total. The molecule has 0 bridgehead atoms. The summed E-state index contributed by atoms with van der Waals surface area (Å²) in [4.78, 5) is 26.7. The number of rotatable bonds is 6. The Balaban J connectivity index is 1.85. The minimum absolute atomic E-state index is 0.00526. The van der Waals surface area contributed by atoms with Crippen molar-refractivity contribution in [1.82, 2.24) is 15.5 Å². The number of piperidine rings is 1. The molecule has 1 aliphatic heterocycles. The van der Waals surface area contributed by atoms with E-state index >= 15 is 0 Å². The van der Waals surface area contributed by atoms with Crippen molar-refractivity contribution in [2.24, 2.45) is 5.92 Å². The molecule has 0 saturated carbocycles. The van der Waals surface area contributed by atoms with Gasteiger partial charge in [0.15, 0.2) is 0 Å². The largest absolute Gasteiger partial charge is 0.341 e. The van der Waals surface area contributed by atoms with Crippen LogP contribution in [-0.2, 0) is 11.3 Å². The van der Waals surface area contributed by atoms with Crippen LogP contribution < -0.4 is 10.6 Å². The van der Waals surface area contributed by atoms with E-state index in [0.29, 0.717) is 18.9 Å². The van der Waals surface area contributed by atoms with Gasteiger partial charge in [0.1, 0.15) is 11.9 Å². The van der Waals surface area contributed by atoms with Gasteiger partial charge >= 0.3 is 6.03 Å². The third-order valence-corrected chi connectivity index (χ3v) is 4.64. The van der Waals surface area contributed by atoms with E-state index < -0.39 is 6.04 Å². The molecule has 6 heteroatoms. The highest BCUT2D eigenvalue weighted by Crippen LogP contribution is 2.17. The van der Waals surface area contributed by atoms with Crippen LogP contribution >= 0.6 is 0 Å². The van der Waals surface area contributed by atoms with Crippen molar-refractivity contribution in [1.29, 1.82) is 0 Å². The fourth-order valence-corrected chi connectivity index (χ4v) is 2.99.